The molecule has 1 aliphatic heterocycles. The summed E-state index contributed by atoms with van der Waals surface area (Å²) in [5.74, 6) is 0.868. The van der Waals surface area contributed by atoms with E-state index in [-0.39, 0.29) is 17.7 Å². The van der Waals surface area contributed by atoms with Crippen molar-refractivity contribution in [3.8, 4) is 5.75 Å². The molecule has 0 aliphatic carbocycles. The average Bonchev–Trinajstić information content (AvgIpc) is 2.60. The van der Waals surface area contributed by atoms with Crippen molar-refractivity contribution in [1.82, 2.24) is 10.2 Å². The van der Waals surface area contributed by atoms with Gasteiger partial charge >= 0.3 is 0 Å². The molecule has 0 unspecified atom stereocenters. The van der Waals surface area contributed by atoms with E-state index in [4.69, 9.17) is 4.74 Å². The van der Waals surface area contributed by atoms with Gasteiger partial charge in [-0.1, -0.05) is 12.1 Å². The van der Waals surface area contributed by atoms with E-state index >= 15 is 0 Å². The Hall–Kier alpha value is -2.08. The van der Waals surface area contributed by atoms with Crippen molar-refractivity contribution in [2.24, 2.45) is 5.92 Å². The Kier molecular flexibility index (Phi) is 6.40. The first-order valence-electron chi connectivity index (χ1n) is 8.01. The predicted octanol–water partition coefficient (Wildman–Crippen LogP) is 1.48. The molecule has 0 atom stereocenters. The summed E-state index contributed by atoms with van der Waals surface area (Å²) >= 11 is 0. The standard InChI is InChI=1S/C17H25N3O3/c1-18-17(22)13-7-10-20(11-8-13)12-9-16(21)19-14-5-3-4-6-15(14)23-2/h3-6,13H,7-12H2,1-2H3,(H,18,22)(H,19,21). The van der Waals surface area contributed by atoms with Crippen LogP contribution in [0.2, 0.25) is 0 Å². The van der Waals surface area contributed by atoms with E-state index in [0.29, 0.717) is 24.4 Å². The van der Waals surface area contributed by atoms with Gasteiger partial charge in [-0.2, -0.15) is 0 Å². The zero-order chi connectivity index (χ0) is 16.7. The molecule has 2 N–H and O–H groups in total. The number of rotatable bonds is 6. The SMILES string of the molecule is CNC(=O)C1CCN(CCC(=O)Nc2ccccc2OC)CC1. The smallest absolute Gasteiger partial charge is 0.225 e. The molecular weight excluding hydrogens is 294 g/mol. The number of benzene rings is 1. The number of piperidine rings is 1. The number of nitrogens with zero attached hydrogens (tertiary/aromatic N) is 1. The molecule has 1 saturated heterocycles. The number of hydrogen-bond donors (Lipinski definition) is 2. The summed E-state index contributed by atoms with van der Waals surface area (Å²) in [4.78, 5) is 25.9. The van der Waals surface area contributed by atoms with Crippen LogP contribution in [0.15, 0.2) is 24.3 Å². The topological polar surface area (TPSA) is 70.7 Å². The molecule has 6 nitrogen and oxygen atoms in total. The van der Waals surface area contributed by atoms with Crippen LogP contribution in [0.3, 0.4) is 0 Å². The normalized spacial score (nSPS) is 15.9. The van der Waals surface area contributed by atoms with Crippen molar-refractivity contribution in [1.29, 1.82) is 0 Å². The van der Waals surface area contributed by atoms with Crippen molar-refractivity contribution >= 4 is 17.5 Å². The van der Waals surface area contributed by atoms with Gasteiger partial charge in [0.1, 0.15) is 5.75 Å². The number of ether oxygens (including phenoxy) is 1. The van der Waals surface area contributed by atoms with Gasteiger partial charge in [0.2, 0.25) is 11.8 Å². The third-order valence-corrected chi connectivity index (χ3v) is 4.24. The van der Waals surface area contributed by atoms with Crippen molar-refractivity contribution in [2.45, 2.75) is 19.3 Å². The highest BCUT2D eigenvalue weighted by Gasteiger charge is 2.24. The minimum atomic E-state index is -0.0251. The molecular formula is C17H25N3O3. The van der Waals surface area contributed by atoms with E-state index in [9.17, 15) is 9.59 Å². The molecule has 23 heavy (non-hydrogen) atoms. The molecule has 6 heteroatoms. The van der Waals surface area contributed by atoms with Crippen molar-refractivity contribution in [3.63, 3.8) is 0 Å². The fraction of sp³-hybridized carbons (Fsp3) is 0.529. The third-order valence-electron chi connectivity index (χ3n) is 4.24. The number of para-hydroxylation sites is 2. The minimum Gasteiger partial charge on any atom is -0.495 e. The molecule has 0 saturated carbocycles. The molecule has 1 fully saturated rings. The Labute approximate surface area is 137 Å². The molecule has 1 heterocycles. The largest absolute Gasteiger partial charge is 0.495 e. The zero-order valence-corrected chi connectivity index (χ0v) is 13.8. The van der Waals surface area contributed by atoms with E-state index in [0.717, 1.165) is 25.9 Å². The number of carbonyl (C=O) groups is 2. The van der Waals surface area contributed by atoms with Crippen LogP contribution in [0.5, 0.6) is 5.75 Å². The molecule has 0 radical (unpaired) electrons. The lowest BCUT2D eigenvalue weighted by atomic mass is 9.96. The van der Waals surface area contributed by atoms with Crippen LogP contribution in [0.4, 0.5) is 5.69 Å². The minimum absolute atomic E-state index is 0.0251. The van der Waals surface area contributed by atoms with Gasteiger partial charge < -0.3 is 20.3 Å². The summed E-state index contributed by atoms with van der Waals surface area (Å²) in [5.41, 5.74) is 0.693. The second kappa shape index (κ2) is 8.53. The van der Waals surface area contributed by atoms with Crippen LogP contribution in [0.25, 0.3) is 0 Å². The second-order valence-electron chi connectivity index (χ2n) is 5.73. The van der Waals surface area contributed by atoms with E-state index in [1.165, 1.54) is 0 Å². The van der Waals surface area contributed by atoms with Crippen LogP contribution in [0, 0.1) is 5.92 Å². The Morgan fingerprint density at radius 2 is 1.96 bits per heavy atom. The lowest BCUT2D eigenvalue weighted by Crippen LogP contribution is -2.40. The van der Waals surface area contributed by atoms with Gasteiger partial charge in [0.25, 0.3) is 0 Å². The van der Waals surface area contributed by atoms with Crippen LogP contribution < -0.4 is 15.4 Å². The maximum absolute atomic E-state index is 12.1. The molecule has 1 aliphatic rings. The van der Waals surface area contributed by atoms with Gasteiger partial charge in [0, 0.05) is 25.9 Å². The Morgan fingerprint density at radius 3 is 2.61 bits per heavy atom. The maximum atomic E-state index is 12.1. The van der Waals surface area contributed by atoms with Gasteiger partial charge in [-0.3, -0.25) is 9.59 Å². The number of amides is 2. The number of carbonyl (C=O) groups excluding carboxylic acids is 2. The van der Waals surface area contributed by atoms with E-state index in [1.807, 2.05) is 24.3 Å². The summed E-state index contributed by atoms with van der Waals surface area (Å²) in [6.07, 6.45) is 2.14. The Balaban J connectivity index is 1.74. The summed E-state index contributed by atoms with van der Waals surface area (Å²) in [7, 11) is 3.26. The summed E-state index contributed by atoms with van der Waals surface area (Å²) < 4.78 is 5.22. The molecule has 2 amide bonds. The predicted molar refractivity (Wildman–Crippen MR) is 89.5 cm³/mol. The lowest BCUT2D eigenvalue weighted by Gasteiger charge is -2.30. The third kappa shape index (κ3) is 4.96. The zero-order valence-electron chi connectivity index (χ0n) is 13.8. The van der Waals surface area contributed by atoms with Gasteiger partial charge in [0.05, 0.1) is 12.8 Å². The van der Waals surface area contributed by atoms with Crippen molar-refractivity contribution in [3.05, 3.63) is 24.3 Å². The van der Waals surface area contributed by atoms with Crippen LogP contribution >= 0.6 is 0 Å². The Bertz CT molecular complexity index is 540. The highest BCUT2D eigenvalue weighted by molar-refractivity contribution is 5.92. The number of likely N-dealkylation sites (tertiary alicyclic amines) is 1. The van der Waals surface area contributed by atoms with Crippen LogP contribution in [-0.4, -0.2) is 50.5 Å². The number of hydrogen-bond acceptors (Lipinski definition) is 4. The number of nitrogens with one attached hydrogen (secondary N) is 2. The first-order chi connectivity index (χ1) is 11.1. The highest BCUT2D eigenvalue weighted by atomic mass is 16.5. The first kappa shape index (κ1) is 17.3. The highest BCUT2D eigenvalue weighted by Crippen LogP contribution is 2.23. The average molecular weight is 319 g/mol. The van der Waals surface area contributed by atoms with Gasteiger partial charge in [0.15, 0.2) is 0 Å². The fourth-order valence-corrected chi connectivity index (χ4v) is 2.84. The van der Waals surface area contributed by atoms with Crippen molar-refractivity contribution < 1.29 is 14.3 Å². The van der Waals surface area contributed by atoms with E-state index in [1.54, 1.807) is 14.2 Å². The maximum Gasteiger partial charge on any atom is 0.225 e. The van der Waals surface area contributed by atoms with E-state index in [2.05, 4.69) is 15.5 Å². The van der Waals surface area contributed by atoms with Gasteiger partial charge in [-0.05, 0) is 38.1 Å². The van der Waals surface area contributed by atoms with Gasteiger partial charge in [-0.25, -0.2) is 0 Å². The summed E-state index contributed by atoms with van der Waals surface area (Å²) in [6, 6.07) is 7.37. The molecule has 0 spiro atoms. The molecule has 1 aromatic carbocycles. The van der Waals surface area contributed by atoms with Crippen LogP contribution in [-0.2, 0) is 9.59 Å². The summed E-state index contributed by atoms with van der Waals surface area (Å²) in [6.45, 7) is 2.43. The quantitative estimate of drug-likeness (QED) is 0.833. The van der Waals surface area contributed by atoms with Crippen molar-refractivity contribution in [2.75, 3.05) is 39.1 Å². The molecule has 0 bridgehead atoms. The van der Waals surface area contributed by atoms with Gasteiger partial charge in [-0.15, -0.1) is 0 Å². The molecule has 1 aromatic rings. The molecule has 126 valence electrons. The monoisotopic (exact) mass is 319 g/mol. The fourth-order valence-electron chi connectivity index (χ4n) is 2.84. The number of anilines is 1. The van der Waals surface area contributed by atoms with E-state index < -0.39 is 0 Å². The second-order valence-corrected chi connectivity index (χ2v) is 5.73. The lowest BCUT2D eigenvalue weighted by molar-refractivity contribution is -0.126. The number of methoxy groups -OCH3 is 1. The first-order valence-corrected chi connectivity index (χ1v) is 8.01. The summed E-state index contributed by atoms with van der Waals surface area (Å²) in [5, 5.41) is 5.59. The Morgan fingerprint density at radius 1 is 1.26 bits per heavy atom. The van der Waals surface area contributed by atoms with Crippen LogP contribution in [0.1, 0.15) is 19.3 Å². The molecule has 0 aromatic heterocycles. The molecule has 2 rings (SSSR count).